The standard InChI is InChI=1S/C21H26N6/c1-14(2)16-12-26(11-15-6-4-3-5-7-15)13-17(16)20(23)27-18-8-9-24-21(18)25-10-19(27)22/h3-10,14,16-17,22-24H,11-13H2,1-2H3. The Bertz CT molecular complexity index is 1000. The summed E-state index contributed by atoms with van der Waals surface area (Å²) in [6.45, 7) is 7.21. The molecule has 1 saturated heterocycles. The summed E-state index contributed by atoms with van der Waals surface area (Å²) < 4.78 is 1.74. The lowest BCUT2D eigenvalue weighted by Gasteiger charge is -2.24. The summed E-state index contributed by atoms with van der Waals surface area (Å²) >= 11 is 0. The molecular formula is C21H26N6. The first-order valence-electron chi connectivity index (χ1n) is 9.49. The van der Waals surface area contributed by atoms with Gasteiger partial charge in [-0.3, -0.25) is 20.3 Å². The highest BCUT2D eigenvalue weighted by atomic mass is 15.2. The van der Waals surface area contributed by atoms with Crippen LogP contribution in [-0.2, 0) is 6.54 Å². The van der Waals surface area contributed by atoms with Crippen molar-refractivity contribution in [3.8, 4) is 0 Å². The van der Waals surface area contributed by atoms with Crippen LogP contribution >= 0.6 is 0 Å². The third kappa shape index (κ3) is 3.32. The average Bonchev–Trinajstić information content (AvgIpc) is 3.29. The molecule has 3 heterocycles. The quantitative estimate of drug-likeness (QED) is 0.492. The molecule has 0 bridgehead atoms. The van der Waals surface area contributed by atoms with Crippen LogP contribution in [0.25, 0.3) is 11.2 Å². The summed E-state index contributed by atoms with van der Waals surface area (Å²) in [5.74, 6) is 1.48. The number of nitrogens with one attached hydrogen (secondary N) is 3. The fraction of sp³-hybridized carbons (Fsp3) is 0.381. The SMILES string of the molecule is CC(C)C1CN(Cc2ccccc2)CC1C(=N)n1c(=N)cnc2[nH]ccc21. The molecule has 2 unspecified atom stereocenters. The van der Waals surface area contributed by atoms with Crippen LogP contribution in [0.4, 0.5) is 0 Å². The van der Waals surface area contributed by atoms with E-state index < -0.39 is 0 Å². The van der Waals surface area contributed by atoms with Crippen LogP contribution in [0, 0.1) is 28.6 Å². The summed E-state index contributed by atoms with van der Waals surface area (Å²) in [5, 5.41) is 17.3. The van der Waals surface area contributed by atoms with Gasteiger partial charge in [-0.2, -0.15) is 0 Å². The Morgan fingerprint density at radius 3 is 2.74 bits per heavy atom. The molecule has 2 atom stereocenters. The second-order valence-electron chi connectivity index (χ2n) is 7.77. The van der Waals surface area contributed by atoms with E-state index in [1.54, 1.807) is 4.57 Å². The number of nitrogens with zero attached hydrogens (tertiary/aromatic N) is 3. The highest BCUT2D eigenvalue weighted by molar-refractivity contribution is 5.92. The minimum absolute atomic E-state index is 0.100. The van der Waals surface area contributed by atoms with E-state index in [1.165, 1.54) is 11.8 Å². The fourth-order valence-corrected chi connectivity index (χ4v) is 4.22. The molecule has 6 heteroatoms. The lowest BCUT2D eigenvalue weighted by molar-refractivity contribution is 0.296. The van der Waals surface area contributed by atoms with Gasteiger partial charge in [0.25, 0.3) is 0 Å². The molecule has 0 radical (unpaired) electrons. The zero-order chi connectivity index (χ0) is 19.0. The highest BCUT2D eigenvalue weighted by Gasteiger charge is 2.38. The smallest absolute Gasteiger partial charge is 0.154 e. The predicted octanol–water partition coefficient (Wildman–Crippen LogP) is 3.07. The van der Waals surface area contributed by atoms with E-state index in [2.05, 4.69) is 53.0 Å². The van der Waals surface area contributed by atoms with Crippen molar-refractivity contribution in [1.29, 1.82) is 10.8 Å². The van der Waals surface area contributed by atoms with E-state index in [-0.39, 0.29) is 11.4 Å². The van der Waals surface area contributed by atoms with E-state index in [4.69, 9.17) is 10.8 Å². The summed E-state index contributed by atoms with van der Waals surface area (Å²) in [5.41, 5.74) is 3.08. The summed E-state index contributed by atoms with van der Waals surface area (Å²) in [7, 11) is 0. The number of likely N-dealkylation sites (tertiary alicyclic amines) is 1. The Kier molecular flexibility index (Phi) is 4.66. The van der Waals surface area contributed by atoms with Crippen molar-refractivity contribution in [2.45, 2.75) is 20.4 Å². The molecular weight excluding hydrogens is 336 g/mol. The van der Waals surface area contributed by atoms with Gasteiger partial charge in [0.15, 0.2) is 5.65 Å². The Hall–Kier alpha value is -2.73. The first-order valence-corrected chi connectivity index (χ1v) is 9.49. The number of rotatable bonds is 4. The van der Waals surface area contributed by atoms with Crippen LogP contribution in [0.3, 0.4) is 0 Å². The zero-order valence-corrected chi connectivity index (χ0v) is 15.8. The normalized spacial score (nSPS) is 20.6. The van der Waals surface area contributed by atoms with Gasteiger partial charge in [0.2, 0.25) is 0 Å². The van der Waals surface area contributed by atoms with Crippen LogP contribution < -0.4 is 5.49 Å². The summed E-state index contributed by atoms with van der Waals surface area (Å²) in [6, 6.07) is 12.4. The molecule has 1 fully saturated rings. The fourth-order valence-electron chi connectivity index (χ4n) is 4.22. The Balaban J connectivity index is 1.64. The van der Waals surface area contributed by atoms with E-state index in [9.17, 15) is 0 Å². The molecule has 0 aliphatic carbocycles. The van der Waals surface area contributed by atoms with Gasteiger partial charge in [-0.1, -0.05) is 44.2 Å². The van der Waals surface area contributed by atoms with Gasteiger partial charge >= 0.3 is 0 Å². The first kappa shape index (κ1) is 17.7. The van der Waals surface area contributed by atoms with E-state index in [1.807, 2.05) is 18.3 Å². The molecule has 4 rings (SSSR count). The lowest BCUT2D eigenvalue weighted by atomic mass is 9.85. The van der Waals surface area contributed by atoms with Crippen LogP contribution in [0.15, 0.2) is 48.8 Å². The van der Waals surface area contributed by atoms with Crippen molar-refractivity contribution in [3.05, 3.63) is 59.8 Å². The van der Waals surface area contributed by atoms with Crippen molar-refractivity contribution >= 4 is 17.0 Å². The maximum atomic E-state index is 8.96. The van der Waals surface area contributed by atoms with E-state index >= 15 is 0 Å². The van der Waals surface area contributed by atoms with Gasteiger partial charge in [-0.15, -0.1) is 0 Å². The number of hydrogen-bond donors (Lipinski definition) is 3. The average molecular weight is 362 g/mol. The monoisotopic (exact) mass is 362 g/mol. The number of hydrogen-bond acceptors (Lipinski definition) is 4. The second kappa shape index (κ2) is 7.12. The predicted molar refractivity (Wildman–Crippen MR) is 107 cm³/mol. The number of benzene rings is 1. The highest BCUT2D eigenvalue weighted by Crippen LogP contribution is 2.32. The van der Waals surface area contributed by atoms with Crippen LogP contribution in [-0.4, -0.2) is 38.4 Å². The minimum atomic E-state index is 0.100. The molecule has 2 aromatic heterocycles. The molecule has 140 valence electrons. The van der Waals surface area contributed by atoms with Crippen LogP contribution in [0.2, 0.25) is 0 Å². The van der Waals surface area contributed by atoms with Gasteiger partial charge < -0.3 is 4.98 Å². The second-order valence-corrected chi connectivity index (χ2v) is 7.77. The van der Waals surface area contributed by atoms with Crippen molar-refractivity contribution in [3.63, 3.8) is 0 Å². The number of fused-ring (bicyclic) bond motifs is 1. The van der Waals surface area contributed by atoms with Crippen LogP contribution in [0.1, 0.15) is 19.4 Å². The van der Waals surface area contributed by atoms with Crippen molar-refractivity contribution in [2.24, 2.45) is 17.8 Å². The molecule has 3 N–H and O–H groups in total. The van der Waals surface area contributed by atoms with E-state index in [0.717, 1.165) is 30.8 Å². The van der Waals surface area contributed by atoms with Crippen molar-refractivity contribution in [1.82, 2.24) is 19.4 Å². The number of aromatic amines is 1. The van der Waals surface area contributed by atoms with Crippen molar-refractivity contribution in [2.75, 3.05) is 13.1 Å². The van der Waals surface area contributed by atoms with E-state index in [0.29, 0.717) is 17.7 Å². The van der Waals surface area contributed by atoms with Gasteiger partial charge in [-0.05, 0) is 23.5 Å². The molecule has 0 saturated carbocycles. The molecule has 1 aliphatic heterocycles. The topological polar surface area (TPSA) is 84.6 Å². The van der Waals surface area contributed by atoms with Gasteiger partial charge in [0.1, 0.15) is 11.3 Å². The number of aromatic nitrogens is 3. The van der Waals surface area contributed by atoms with Crippen molar-refractivity contribution < 1.29 is 0 Å². The zero-order valence-electron chi connectivity index (χ0n) is 15.8. The maximum absolute atomic E-state index is 8.96. The Morgan fingerprint density at radius 1 is 1.22 bits per heavy atom. The lowest BCUT2D eigenvalue weighted by Crippen LogP contribution is -2.36. The molecule has 0 amide bonds. The number of H-pyrrole nitrogens is 1. The largest absolute Gasteiger partial charge is 0.345 e. The van der Waals surface area contributed by atoms with Gasteiger partial charge in [0, 0.05) is 31.7 Å². The summed E-state index contributed by atoms with van der Waals surface area (Å²) in [4.78, 5) is 9.79. The van der Waals surface area contributed by atoms with Crippen LogP contribution in [0.5, 0.6) is 0 Å². The maximum Gasteiger partial charge on any atom is 0.154 e. The summed E-state index contributed by atoms with van der Waals surface area (Å²) in [6.07, 6.45) is 3.34. The third-order valence-electron chi connectivity index (χ3n) is 5.64. The van der Waals surface area contributed by atoms with Gasteiger partial charge in [0.05, 0.1) is 11.7 Å². The molecule has 6 nitrogen and oxygen atoms in total. The first-order chi connectivity index (χ1) is 13.0. The Labute approximate surface area is 158 Å². The molecule has 3 aromatic rings. The minimum Gasteiger partial charge on any atom is -0.345 e. The molecule has 0 spiro atoms. The Morgan fingerprint density at radius 2 is 2.00 bits per heavy atom. The molecule has 1 aliphatic rings. The van der Waals surface area contributed by atoms with Gasteiger partial charge in [-0.25, -0.2) is 4.98 Å². The third-order valence-corrected chi connectivity index (χ3v) is 5.64. The molecule has 27 heavy (non-hydrogen) atoms. The molecule has 1 aromatic carbocycles.